The van der Waals surface area contributed by atoms with Gasteiger partial charge in [-0.05, 0) is 116 Å². The number of nitriles is 2. The summed E-state index contributed by atoms with van der Waals surface area (Å²) in [5.74, 6) is 0.749. The van der Waals surface area contributed by atoms with Crippen molar-refractivity contribution in [2.24, 2.45) is 0 Å². The Morgan fingerprint density at radius 2 is 1.21 bits per heavy atom. The number of ether oxygens (including phenoxy) is 2. The minimum atomic E-state index is -4.26. The summed E-state index contributed by atoms with van der Waals surface area (Å²) in [5, 5.41) is 22.3. The second-order valence-corrected chi connectivity index (χ2v) is 19.5. The Kier molecular flexibility index (Phi) is 16.8. The number of hydrogen-bond acceptors (Lipinski definition) is 13. The van der Waals surface area contributed by atoms with Gasteiger partial charge < -0.3 is 14.8 Å². The maximum atomic E-state index is 12.8. The summed E-state index contributed by atoms with van der Waals surface area (Å²) in [7, 11) is 0. The average Bonchev–Trinajstić information content (AvgIpc) is 4.13. The summed E-state index contributed by atoms with van der Waals surface area (Å²) >= 11 is 2.07. The van der Waals surface area contributed by atoms with E-state index < -0.39 is 25.2 Å². The van der Waals surface area contributed by atoms with E-state index in [1.165, 1.54) is 47.0 Å². The minimum absolute atomic E-state index is 0. The van der Waals surface area contributed by atoms with Gasteiger partial charge in [0.1, 0.15) is 40.8 Å². The number of benzene rings is 2. The van der Waals surface area contributed by atoms with Crippen molar-refractivity contribution in [3.8, 4) is 23.9 Å². The van der Waals surface area contributed by atoms with Crippen LogP contribution in [0.15, 0.2) is 60.2 Å². The van der Waals surface area contributed by atoms with Crippen molar-refractivity contribution in [2.75, 3.05) is 26.2 Å². The van der Waals surface area contributed by atoms with Crippen LogP contribution in [0.1, 0.15) is 84.7 Å². The molecule has 6 heterocycles. The summed E-state index contributed by atoms with van der Waals surface area (Å²) in [6.45, 7) is 8.35. The first-order valence-electron chi connectivity index (χ1n) is 22.3. The predicted octanol–water partition coefficient (Wildman–Crippen LogP) is 10.8. The average molecular weight is 1040 g/mol. The van der Waals surface area contributed by atoms with E-state index in [4.69, 9.17) is 14.7 Å². The largest absolute Gasteiger partial charge is 0.474 e. The van der Waals surface area contributed by atoms with Crippen LogP contribution < -0.4 is 14.8 Å². The Morgan fingerprint density at radius 3 is 1.70 bits per heavy atom. The maximum absolute atomic E-state index is 12.8. The van der Waals surface area contributed by atoms with Crippen LogP contribution >= 0.6 is 22.7 Å². The molecule has 0 saturated carbocycles. The van der Waals surface area contributed by atoms with E-state index in [2.05, 4.69) is 61.3 Å². The number of hydrogen-bond donors (Lipinski definition) is 1. The van der Waals surface area contributed by atoms with Crippen LogP contribution in [0.5, 0.6) is 11.8 Å². The third kappa shape index (κ3) is 13.0. The van der Waals surface area contributed by atoms with Crippen molar-refractivity contribution in [2.45, 2.75) is 96.3 Å². The van der Waals surface area contributed by atoms with Gasteiger partial charge in [-0.2, -0.15) is 36.9 Å². The second kappa shape index (κ2) is 22.6. The zero-order valence-corrected chi connectivity index (χ0v) is 41.1. The summed E-state index contributed by atoms with van der Waals surface area (Å²) in [6, 6.07) is 15.4. The van der Waals surface area contributed by atoms with Gasteiger partial charge in [0.05, 0.1) is 35.8 Å². The van der Waals surface area contributed by atoms with Crippen LogP contribution in [-0.2, 0) is 50.8 Å². The van der Waals surface area contributed by atoms with Crippen LogP contribution in [0.2, 0.25) is 0 Å². The number of likely N-dealkylation sites (tertiary alicyclic amines) is 1. The van der Waals surface area contributed by atoms with Crippen LogP contribution in [-0.4, -0.2) is 81.9 Å². The maximum Gasteiger partial charge on any atom is 0.393 e. The van der Waals surface area contributed by atoms with Crippen molar-refractivity contribution in [3.63, 3.8) is 0 Å². The number of carbonyl (C=O) groups is 1. The molecule has 1 radical (unpaired) electrons. The van der Waals surface area contributed by atoms with Gasteiger partial charge in [-0.3, -0.25) is 9.69 Å². The van der Waals surface area contributed by atoms with Gasteiger partial charge in [0.25, 0.3) is 0 Å². The molecule has 0 unspecified atom stereocenters. The fourth-order valence-electron chi connectivity index (χ4n) is 8.82. The molecule has 2 aliphatic heterocycles. The van der Waals surface area contributed by atoms with Crippen molar-refractivity contribution in [3.05, 3.63) is 114 Å². The topological polar surface area (TPSA) is 150 Å². The van der Waals surface area contributed by atoms with E-state index >= 15 is 0 Å². The van der Waals surface area contributed by atoms with E-state index in [1.807, 2.05) is 31.2 Å². The van der Waals surface area contributed by atoms with Crippen LogP contribution in [0, 0.1) is 36.5 Å². The van der Waals surface area contributed by atoms with E-state index in [-0.39, 0.29) is 40.5 Å². The SMILES string of the molecule is Cc1c(C=O)ccc2c1C=C(C#N)C2.Cc1c(CN2CCC(Oc3ncnc4sc(CC(F)(F)F)cc34)CC2)ccc2c1C=C(C#N)C2.FC(F)(F)Cc1cc2c(OC3CCNCC3)ncnc2s1.[V]. The molecule has 2 fully saturated rings. The Labute approximate surface area is 420 Å². The van der Waals surface area contributed by atoms with Gasteiger partial charge in [0, 0.05) is 77.5 Å². The molecular formula is C50H46F6N8O3S2V. The number of alkyl halides is 6. The molecular weight excluding hydrogens is 990 g/mol. The molecule has 0 amide bonds. The Hall–Kier alpha value is -5.67. The van der Waals surface area contributed by atoms with Gasteiger partial charge in [-0.1, -0.05) is 24.3 Å². The molecule has 1 N–H and O–H groups in total. The van der Waals surface area contributed by atoms with E-state index in [0.29, 0.717) is 50.6 Å². The smallest absolute Gasteiger partial charge is 0.393 e. The molecule has 0 bridgehead atoms. The quantitative estimate of drug-likeness (QED) is 0.109. The summed E-state index contributed by atoms with van der Waals surface area (Å²) in [5.41, 5.74) is 10.3. The Morgan fingerprint density at radius 1 is 0.729 bits per heavy atom. The Bertz CT molecular complexity index is 3020. The van der Waals surface area contributed by atoms with Gasteiger partial charge in [-0.25, -0.2) is 19.9 Å². The number of aldehydes is 1. The van der Waals surface area contributed by atoms with Crippen molar-refractivity contribution >= 4 is 61.5 Å². The van der Waals surface area contributed by atoms with E-state index in [9.17, 15) is 36.4 Å². The number of nitrogens with one attached hydrogen (secondary N) is 1. The normalized spacial score (nSPS) is 16.0. The summed E-state index contributed by atoms with van der Waals surface area (Å²) in [4.78, 5) is 31.0. The molecule has 2 aromatic carbocycles. The molecule has 6 aromatic rings. The molecule has 0 spiro atoms. The van der Waals surface area contributed by atoms with Crippen molar-refractivity contribution in [1.82, 2.24) is 30.2 Å². The van der Waals surface area contributed by atoms with Gasteiger partial charge in [0.2, 0.25) is 11.8 Å². The third-order valence-electron chi connectivity index (χ3n) is 12.4. The number of carbonyl (C=O) groups excluding carboxylic acids is 1. The fraction of sp³-hybridized carbons (Fsp3) is 0.380. The van der Waals surface area contributed by atoms with E-state index in [1.54, 1.807) is 0 Å². The first kappa shape index (κ1) is 52.2. The number of halogens is 6. The molecule has 4 aromatic heterocycles. The first-order chi connectivity index (χ1) is 33.1. The van der Waals surface area contributed by atoms with Gasteiger partial charge >= 0.3 is 12.4 Å². The number of nitrogens with zero attached hydrogens (tertiary/aromatic N) is 7. The van der Waals surface area contributed by atoms with Crippen molar-refractivity contribution < 1.29 is 59.2 Å². The molecule has 10 rings (SSSR count). The standard InChI is InChI=1S/C25H23F3N4OS.C13H14F3N3OS.C12H9NO.V/c1-15-18(3-2-17-8-16(12-29)9-21(15)17)13-32-6-4-19(5-7-32)33-23-22-10-20(11-25(26,27)28)34-24(22)31-14-30-23;14-13(15,16)6-9-5-10-11(18-7-19-12(10)21-9)20-8-1-3-17-4-2-8;1-8-11(7-14)3-2-10-4-9(6-13)5-12(8)10;/h2-3,9-10,14,19H,4-8,11,13H2,1H3;5,7-8,17H,1-4,6H2;2-3,5,7H,4H2,1H3;. The number of allylic oxidation sites excluding steroid dienone is 2. The zero-order chi connectivity index (χ0) is 48.9. The Balaban J connectivity index is 0.000000170. The van der Waals surface area contributed by atoms with Crippen molar-refractivity contribution in [1.29, 1.82) is 10.5 Å². The number of aromatic nitrogens is 4. The number of piperidine rings is 2. The minimum Gasteiger partial charge on any atom is -0.474 e. The molecule has 4 aliphatic rings. The van der Waals surface area contributed by atoms with E-state index in [0.717, 1.165) is 115 Å². The van der Waals surface area contributed by atoms with Gasteiger partial charge in [0.15, 0.2) is 0 Å². The van der Waals surface area contributed by atoms with Crippen LogP contribution in [0.4, 0.5) is 26.3 Å². The summed E-state index contributed by atoms with van der Waals surface area (Å²) in [6.07, 6.45) is 1.82. The zero-order valence-electron chi connectivity index (χ0n) is 38.1. The first-order valence-corrected chi connectivity index (χ1v) is 24.0. The van der Waals surface area contributed by atoms with Gasteiger partial charge in [-0.15, -0.1) is 22.7 Å². The molecule has 20 heteroatoms. The monoisotopic (exact) mass is 1040 g/mol. The third-order valence-corrected chi connectivity index (χ3v) is 14.5. The van der Waals surface area contributed by atoms with Crippen LogP contribution in [0.25, 0.3) is 32.6 Å². The molecule has 0 atom stereocenters. The van der Waals surface area contributed by atoms with Crippen LogP contribution in [0.3, 0.4) is 0 Å². The summed E-state index contributed by atoms with van der Waals surface area (Å²) < 4.78 is 87.7. The second-order valence-electron chi connectivity index (χ2n) is 17.3. The molecule has 2 aliphatic carbocycles. The predicted molar refractivity (Wildman–Crippen MR) is 252 cm³/mol. The molecule has 2 saturated heterocycles. The fourth-order valence-corrected chi connectivity index (χ4v) is 10.9. The molecule has 363 valence electrons. The number of thiophene rings is 2. The molecule has 11 nitrogen and oxygen atoms in total. The molecule has 70 heavy (non-hydrogen) atoms. The number of fused-ring (bicyclic) bond motifs is 4. The number of rotatable bonds is 9.